The lowest BCUT2D eigenvalue weighted by molar-refractivity contribution is -0.136. The number of anilines is 3. The Morgan fingerprint density at radius 2 is 1.96 bits per heavy atom. The lowest BCUT2D eigenvalue weighted by Gasteiger charge is -2.15. The molecule has 0 aliphatic rings. The van der Waals surface area contributed by atoms with Crippen LogP contribution in [-0.4, -0.2) is 30.2 Å². The van der Waals surface area contributed by atoms with Crippen molar-refractivity contribution in [2.75, 3.05) is 30.9 Å². The number of ether oxygens (including phenoxy) is 1. The number of nitrogens with zero attached hydrogens (tertiary/aromatic N) is 2. The summed E-state index contributed by atoms with van der Waals surface area (Å²) in [5.74, 6) is 0.548. The van der Waals surface area contributed by atoms with Gasteiger partial charge in [0, 0.05) is 30.4 Å². The second-order valence-corrected chi connectivity index (χ2v) is 5.39. The number of aromatic nitrogens is 2. The van der Waals surface area contributed by atoms with Gasteiger partial charge < -0.3 is 15.4 Å². The Hall–Kier alpha value is -2.06. The van der Waals surface area contributed by atoms with Crippen molar-refractivity contribution in [1.29, 1.82) is 0 Å². The minimum Gasteiger partial charge on any atom is -0.383 e. The van der Waals surface area contributed by atoms with Crippen LogP contribution in [0.25, 0.3) is 0 Å². The first-order valence-corrected chi connectivity index (χ1v) is 7.39. The predicted molar refractivity (Wildman–Crippen MR) is 86.9 cm³/mol. The van der Waals surface area contributed by atoms with Gasteiger partial charge in [-0.1, -0.05) is 11.6 Å². The molecule has 24 heavy (non-hydrogen) atoms. The summed E-state index contributed by atoms with van der Waals surface area (Å²) in [5, 5.41) is 5.61. The van der Waals surface area contributed by atoms with Crippen molar-refractivity contribution in [3.8, 4) is 0 Å². The van der Waals surface area contributed by atoms with Crippen molar-refractivity contribution in [2.24, 2.45) is 0 Å². The summed E-state index contributed by atoms with van der Waals surface area (Å²) in [7, 11) is 1.57. The number of halogens is 4. The molecule has 0 atom stereocenters. The molecule has 0 aliphatic heterocycles. The quantitative estimate of drug-likeness (QED) is 0.754. The van der Waals surface area contributed by atoms with Crippen LogP contribution in [0.1, 0.15) is 11.3 Å². The van der Waals surface area contributed by atoms with E-state index in [4.69, 9.17) is 16.3 Å². The molecule has 0 amide bonds. The van der Waals surface area contributed by atoms with E-state index in [0.29, 0.717) is 24.7 Å². The standard InChI is InChI=1S/C15H16ClF3N4O/c1-9-7-13(20-5-6-24-2)23-14(21-9)22-12-4-3-10(16)8-11(12)15(17,18)19/h3-4,7-8H,5-6H2,1-2H3,(H2,20,21,22,23). The van der Waals surface area contributed by atoms with E-state index in [2.05, 4.69) is 20.6 Å². The normalized spacial score (nSPS) is 11.4. The third-order valence-electron chi connectivity index (χ3n) is 3.00. The van der Waals surface area contributed by atoms with Crippen molar-refractivity contribution < 1.29 is 17.9 Å². The van der Waals surface area contributed by atoms with Crippen molar-refractivity contribution in [1.82, 2.24) is 9.97 Å². The molecule has 2 rings (SSSR count). The van der Waals surface area contributed by atoms with E-state index in [1.165, 1.54) is 12.1 Å². The monoisotopic (exact) mass is 360 g/mol. The van der Waals surface area contributed by atoms with E-state index in [1.807, 2.05) is 0 Å². The highest BCUT2D eigenvalue weighted by atomic mass is 35.5. The fourth-order valence-corrected chi connectivity index (χ4v) is 2.15. The van der Waals surface area contributed by atoms with Crippen molar-refractivity contribution in [3.63, 3.8) is 0 Å². The Balaban J connectivity index is 2.28. The number of methoxy groups -OCH3 is 1. The van der Waals surface area contributed by atoms with Crippen LogP contribution in [-0.2, 0) is 10.9 Å². The maximum absolute atomic E-state index is 13.1. The van der Waals surface area contributed by atoms with Crippen molar-refractivity contribution in [2.45, 2.75) is 13.1 Å². The largest absolute Gasteiger partial charge is 0.418 e. The van der Waals surface area contributed by atoms with Crippen LogP contribution in [0, 0.1) is 6.92 Å². The van der Waals surface area contributed by atoms with Crippen molar-refractivity contribution >= 4 is 29.1 Å². The molecule has 1 aromatic heterocycles. The molecule has 9 heteroatoms. The smallest absolute Gasteiger partial charge is 0.383 e. The zero-order chi connectivity index (χ0) is 17.7. The molecule has 0 fully saturated rings. The van der Waals surface area contributed by atoms with Gasteiger partial charge in [-0.05, 0) is 25.1 Å². The number of nitrogens with one attached hydrogen (secondary N) is 2. The molecule has 130 valence electrons. The Kier molecular flexibility index (Phi) is 5.84. The van der Waals surface area contributed by atoms with Crippen LogP contribution in [0.3, 0.4) is 0 Å². The van der Waals surface area contributed by atoms with E-state index in [1.54, 1.807) is 20.1 Å². The van der Waals surface area contributed by atoms with Crippen LogP contribution in [0.4, 0.5) is 30.6 Å². The minimum atomic E-state index is -4.55. The van der Waals surface area contributed by atoms with Gasteiger partial charge in [-0.2, -0.15) is 18.2 Å². The maximum atomic E-state index is 13.1. The third kappa shape index (κ3) is 4.97. The fraction of sp³-hybridized carbons (Fsp3) is 0.333. The lowest BCUT2D eigenvalue weighted by Crippen LogP contribution is -2.12. The van der Waals surface area contributed by atoms with E-state index >= 15 is 0 Å². The molecule has 0 spiro atoms. The van der Waals surface area contributed by atoms with Gasteiger partial charge in [0.25, 0.3) is 0 Å². The fourth-order valence-electron chi connectivity index (χ4n) is 1.98. The number of benzene rings is 1. The molecule has 5 nitrogen and oxygen atoms in total. The van der Waals surface area contributed by atoms with Crippen LogP contribution in [0.2, 0.25) is 5.02 Å². The molecule has 1 aromatic carbocycles. The number of hydrogen-bond acceptors (Lipinski definition) is 5. The molecule has 2 aromatic rings. The number of alkyl halides is 3. The second-order valence-electron chi connectivity index (χ2n) is 4.95. The molecule has 0 radical (unpaired) electrons. The summed E-state index contributed by atoms with van der Waals surface area (Å²) in [5.41, 5.74) is -0.440. The topological polar surface area (TPSA) is 59.1 Å². The highest BCUT2D eigenvalue weighted by Gasteiger charge is 2.34. The summed E-state index contributed by atoms with van der Waals surface area (Å²) in [4.78, 5) is 8.27. The van der Waals surface area contributed by atoms with E-state index in [0.717, 1.165) is 6.07 Å². The highest BCUT2D eigenvalue weighted by molar-refractivity contribution is 6.30. The zero-order valence-corrected chi connectivity index (χ0v) is 13.8. The van der Waals surface area contributed by atoms with Gasteiger partial charge in [0.2, 0.25) is 5.95 Å². The van der Waals surface area contributed by atoms with E-state index < -0.39 is 11.7 Å². The lowest BCUT2D eigenvalue weighted by atomic mass is 10.1. The first-order valence-electron chi connectivity index (χ1n) is 7.02. The molecule has 0 aliphatic carbocycles. The van der Waals surface area contributed by atoms with Gasteiger partial charge in [0.1, 0.15) is 5.82 Å². The first kappa shape index (κ1) is 18.3. The molecular weight excluding hydrogens is 345 g/mol. The van der Waals surface area contributed by atoms with E-state index in [9.17, 15) is 13.2 Å². The van der Waals surface area contributed by atoms with Gasteiger partial charge in [0.05, 0.1) is 17.9 Å². The second kappa shape index (κ2) is 7.67. The molecule has 0 saturated heterocycles. The van der Waals surface area contributed by atoms with Crippen LogP contribution in [0.5, 0.6) is 0 Å². The number of rotatable bonds is 6. The summed E-state index contributed by atoms with van der Waals surface area (Å²) >= 11 is 5.67. The number of aryl methyl sites for hydroxylation is 1. The van der Waals surface area contributed by atoms with Gasteiger partial charge in [0.15, 0.2) is 0 Å². The van der Waals surface area contributed by atoms with Gasteiger partial charge >= 0.3 is 6.18 Å². The molecule has 0 saturated carbocycles. The Morgan fingerprint density at radius 3 is 2.62 bits per heavy atom. The molecule has 0 bridgehead atoms. The molecule has 0 unspecified atom stereocenters. The van der Waals surface area contributed by atoms with Crippen LogP contribution in [0.15, 0.2) is 24.3 Å². The predicted octanol–water partition coefficient (Wildman–Crippen LogP) is 4.26. The SMILES string of the molecule is COCCNc1cc(C)nc(Nc2ccc(Cl)cc2C(F)(F)F)n1. The van der Waals surface area contributed by atoms with Crippen molar-refractivity contribution in [3.05, 3.63) is 40.5 Å². The average molecular weight is 361 g/mol. The Morgan fingerprint density at radius 1 is 1.21 bits per heavy atom. The molecular formula is C15H16ClF3N4O. The average Bonchev–Trinajstić information content (AvgIpc) is 2.48. The molecule has 2 N–H and O–H groups in total. The minimum absolute atomic E-state index is 0.0000399. The van der Waals surface area contributed by atoms with Gasteiger partial charge in [-0.25, -0.2) is 4.98 Å². The van der Waals surface area contributed by atoms with Crippen LogP contribution >= 0.6 is 11.6 Å². The summed E-state index contributed by atoms with van der Waals surface area (Å²) in [6.07, 6.45) is -4.55. The third-order valence-corrected chi connectivity index (χ3v) is 3.24. The highest BCUT2D eigenvalue weighted by Crippen LogP contribution is 2.37. The number of hydrogen-bond donors (Lipinski definition) is 2. The summed E-state index contributed by atoms with van der Waals surface area (Å²) in [6.45, 7) is 2.71. The first-order chi connectivity index (χ1) is 11.3. The van der Waals surface area contributed by atoms with Gasteiger partial charge in [-0.3, -0.25) is 0 Å². The Bertz CT molecular complexity index is 710. The zero-order valence-electron chi connectivity index (χ0n) is 13.0. The van der Waals surface area contributed by atoms with Crippen LogP contribution < -0.4 is 10.6 Å². The maximum Gasteiger partial charge on any atom is 0.418 e. The van der Waals surface area contributed by atoms with E-state index in [-0.39, 0.29) is 16.7 Å². The summed E-state index contributed by atoms with van der Waals surface area (Å²) < 4.78 is 44.3. The molecule has 1 heterocycles. The Labute approximate surface area is 142 Å². The summed E-state index contributed by atoms with van der Waals surface area (Å²) in [6, 6.07) is 5.16. The van der Waals surface area contributed by atoms with Gasteiger partial charge in [-0.15, -0.1) is 0 Å².